The normalized spacial score (nSPS) is 12.5. The molecular weight excluding hydrogens is 240 g/mol. The minimum Gasteiger partial charge on any atom is -0.271 e. The summed E-state index contributed by atoms with van der Waals surface area (Å²) >= 11 is 0. The summed E-state index contributed by atoms with van der Waals surface area (Å²) in [6, 6.07) is 7.42. The first-order valence-corrected chi connectivity index (χ1v) is 5.81. The Morgan fingerprint density at radius 3 is 2.47 bits per heavy atom. The summed E-state index contributed by atoms with van der Waals surface area (Å²) in [5.74, 6) is 5.61. The van der Waals surface area contributed by atoms with E-state index in [0.717, 1.165) is 22.3 Å². The van der Waals surface area contributed by atoms with Gasteiger partial charge in [0.15, 0.2) is 0 Å². The van der Waals surface area contributed by atoms with Crippen molar-refractivity contribution in [3.05, 3.63) is 60.4 Å². The Morgan fingerprint density at radius 1 is 1.00 bits per heavy atom. The second kappa shape index (κ2) is 5.05. The Labute approximate surface area is 109 Å². The second-order valence-electron chi connectivity index (χ2n) is 4.06. The van der Waals surface area contributed by atoms with Crippen LogP contribution < -0.4 is 11.3 Å². The summed E-state index contributed by atoms with van der Waals surface area (Å²) in [7, 11) is 0. The van der Waals surface area contributed by atoms with Crippen LogP contribution in [0, 0.1) is 0 Å². The minimum atomic E-state index is -0.279. The third-order valence-electron chi connectivity index (χ3n) is 2.84. The molecule has 3 N–H and O–H groups in total. The van der Waals surface area contributed by atoms with Gasteiger partial charge in [-0.15, -0.1) is 0 Å². The lowest BCUT2D eigenvalue weighted by Gasteiger charge is -2.14. The summed E-state index contributed by atoms with van der Waals surface area (Å²) in [4.78, 5) is 16.9. The van der Waals surface area contributed by atoms with Gasteiger partial charge in [0.1, 0.15) is 6.33 Å². The minimum absolute atomic E-state index is 0.279. The Balaban J connectivity index is 2.06. The highest BCUT2D eigenvalue weighted by atomic mass is 15.2. The molecule has 2 aromatic heterocycles. The van der Waals surface area contributed by atoms with Gasteiger partial charge in [0, 0.05) is 18.0 Å². The van der Waals surface area contributed by atoms with Crippen molar-refractivity contribution in [1.82, 2.24) is 25.4 Å². The number of rotatable bonds is 3. The number of nitrogens with one attached hydrogen (secondary N) is 1. The third kappa shape index (κ3) is 2.26. The van der Waals surface area contributed by atoms with Gasteiger partial charge >= 0.3 is 0 Å². The lowest BCUT2D eigenvalue weighted by Crippen LogP contribution is -2.29. The number of hydrazine groups is 1. The topological polar surface area (TPSA) is 89.6 Å². The van der Waals surface area contributed by atoms with Gasteiger partial charge in [-0.3, -0.25) is 10.8 Å². The van der Waals surface area contributed by atoms with Crippen LogP contribution in [0.5, 0.6) is 0 Å². The van der Waals surface area contributed by atoms with E-state index in [9.17, 15) is 0 Å². The molecule has 94 valence electrons. The van der Waals surface area contributed by atoms with E-state index in [0.29, 0.717) is 0 Å². The molecule has 0 saturated heterocycles. The zero-order valence-electron chi connectivity index (χ0n) is 10.1. The van der Waals surface area contributed by atoms with Gasteiger partial charge in [0.25, 0.3) is 0 Å². The Kier molecular flexibility index (Phi) is 3.09. The SMILES string of the molecule is NNC(c1cncnc1)c1cnc2ccccc2n1. The first-order chi connectivity index (χ1) is 9.38. The number of para-hydroxylation sites is 2. The molecule has 1 unspecified atom stereocenters. The van der Waals surface area contributed by atoms with Crippen LogP contribution in [-0.2, 0) is 0 Å². The predicted octanol–water partition coefficient (Wildman–Crippen LogP) is 0.972. The zero-order chi connectivity index (χ0) is 13.1. The molecule has 3 aromatic rings. The van der Waals surface area contributed by atoms with Crippen LogP contribution in [0.15, 0.2) is 49.2 Å². The van der Waals surface area contributed by atoms with Crippen molar-refractivity contribution in [2.24, 2.45) is 5.84 Å². The molecule has 1 aromatic carbocycles. The Hall–Kier alpha value is -2.44. The quantitative estimate of drug-likeness (QED) is 0.533. The van der Waals surface area contributed by atoms with Crippen molar-refractivity contribution < 1.29 is 0 Å². The molecule has 6 heteroatoms. The van der Waals surface area contributed by atoms with Gasteiger partial charge < -0.3 is 0 Å². The summed E-state index contributed by atoms with van der Waals surface area (Å²) < 4.78 is 0. The lowest BCUT2D eigenvalue weighted by molar-refractivity contribution is 0.616. The van der Waals surface area contributed by atoms with Crippen LogP contribution in [0.2, 0.25) is 0 Å². The van der Waals surface area contributed by atoms with Gasteiger partial charge in [-0.2, -0.15) is 0 Å². The summed E-state index contributed by atoms with van der Waals surface area (Å²) in [6.45, 7) is 0. The largest absolute Gasteiger partial charge is 0.271 e. The van der Waals surface area contributed by atoms with E-state index in [4.69, 9.17) is 5.84 Å². The number of fused-ring (bicyclic) bond motifs is 1. The molecule has 3 rings (SSSR count). The Bertz CT molecular complexity index is 685. The highest BCUT2D eigenvalue weighted by Gasteiger charge is 2.15. The molecule has 2 heterocycles. The van der Waals surface area contributed by atoms with E-state index in [-0.39, 0.29) is 6.04 Å². The molecule has 0 aliphatic rings. The van der Waals surface area contributed by atoms with E-state index in [1.807, 2.05) is 24.3 Å². The van der Waals surface area contributed by atoms with Crippen LogP contribution in [0.25, 0.3) is 11.0 Å². The first-order valence-electron chi connectivity index (χ1n) is 5.81. The third-order valence-corrected chi connectivity index (χ3v) is 2.84. The molecule has 0 saturated carbocycles. The van der Waals surface area contributed by atoms with Gasteiger partial charge in [-0.1, -0.05) is 12.1 Å². The van der Waals surface area contributed by atoms with Gasteiger partial charge in [-0.25, -0.2) is 20.4 Å². The van der Waals surface area contributed by atoms with Gasteiger partial charge in [0.2, 0.25) is 0 Å². The monoisotopic (exact) mass is 252 g/mol. The molecule has 1 atom stereocenters. The molecule has 0 amide bonds. The molecule has 0 aliphatic carbocycles. The molecule has 19 heavy (non-hydrogen) atoms. The average molecular weight is 252 g/mol. The highest BCUT2D eigenvalue weighted by molar-refractivity contribution is 5.73. The summed E-state index contributed by atoms with van der Waals surface area (Å²) in [5, 5.41) is 0. The van der Waals surface area contributed by atoms with E-state index >= 15 is 0 Å². The van der Waals surface area contributed by atoms with E-state index < -0.39 is 0 Å². The fourth-order valence-electron chi connectivity index (χ4n) is 1.92. The Morgan fingerprint density at radius 2 is 1.74 bits per heavy atom. The number of hydrogen-bond donors (Lipinski definition) is 2. The maximum atomic E-state index is 5.61. The van der Waals surface area contributed by atoms with Crippen molar-refractivity contribution in [1.29, 1.82) is 0 Å². The first kappa shape index (κ1) is 11.6. The molecular formula is C13H12N6. The second-order valence-corrected chi connectivity index (χ2v) is 4.06. The number of nitrogens with zero attached hydrogens (tertiary/aromatic N) is 4. The predicted molar refractivity (Wildman–Crippen MR) is 70.7 cm³/mol. The summed E-state index contributed by atoms with van der Waals surface area (Å²) in [5.41, 5.74) is 5.98. The van der Waals surface area contributed by atoms with Crippen molar-refractivity contribution in [2.45, 2.75) is 6.04 Å². The highest BCUT2D eigenvalue weighted by Crippen LogP contribution is 2.19. The van der Waals surface area contributed by atoms with Gasteiger partial charge in [0.05, 0.1) is 29.0 Å². The molecule has 0 fully saturated rings. The zero-order valence-corrected chi connectivity index (χ0v) is 10.1. The summed E-state index contributed by atoms with van der Waals surface area (Å²) in [6.07, 6.45) is 6.59. The van der Waals surface area contributed by atoms with E-state index in [1.165, 1.54) is 6.33 Å². The van der Waals surface area contributed by atoms with Gasteiger partial charge in [-0.05, 0) is 12.1 Å². The number of benzene rings is 1. The number of aromatic nitrogens is 4. The molecule has 6 nitrogen and oxygen atoms in total. The molecule has 0 spiro atoms. The fraction of sp³-hybridized carbons (Fsp3) is 0.0769. The number of hydrogen-bond acceptors (Lipinski definition) is 6. The van der Waals surface area contributed by atoms with E-state index in [2.05, 4.69) is 25.4 Å². The van der Waals surface area contributed by atoms with Crippen LogP contribution in [0.4, 0.5) is 0 Å². The fourth-order valence-corrected chi connectivity index (χ4v) is 1.92. The van der Waals surface area contributed by atoms with Crippen LogP contribution >= 0.6 is 0 Å². The van der Waals surface area contributed by atoms with Crippen LogP contribution in [0.1, 0.15) is 17.3 Å². The van der Waals surface area contributed by atoms with Crippen LogP contribution in [0.3, 0.4) is 0 Å². The van der Waals surface area contributed by atoms with Crippen molar-refractivity contribution >= 4 is 11.0 Å². The molecule has 0 bridgehead atoms. The average Bonchev–Trinajstić information content (AvgIpc) is 2.49. The standard InChI is InChI=1S/C13H12N6/c14-19-13(9-5-15-8-16-6-9)12-7-17-10-3-1-2-4-11(10)18-12/h1-8,13,19H,14H2. The van der Waals surface area contributed by atoms with Crippen molar-refractivity contribution in [3.8, 4) is 0 Å². The lowest BCUT2D eigenvalue weighted by atomic mass is 10.1. The smallest absolute Gasteiger partial charge is 0.115 e. The molecule has 0 aliphatic heterocycles. The maximum Gasteiger partial charge on any atom is 0.115 e. The maximum absolute atomic E-state index is 5.61. The van der Waals surface area contributed by atoms with Crippen molar-refractivity contribution in [3.63, 3.8) is 0 Å². The van der Waals surface area contributed by atoms with Crippen LogP contribution in [-0.4, -0.2) is 19.9 Å². The molecule has 0 radical (unpaired) electrons. The number of nitrogens with two attached hydrogens (primary N) is 1. The van der Waals surface area contributed by atoms with Crippen molar-refractivity contribution in [2.75, 3.05) is 0 Å². The van der Waals surface area contributed by atoms with E-state index in [1.54, 1.807) is 18.6 Å².